The summed E-state index contributed by atoms with van der Waals surface area (Å²) in [7, 11) is 0. The average Bonchev–Trinajstić information content (AvgIpc) is 2.28. The van der Waals surface area contributed by atoms with Crippen LogP contribution in [0.4, 0.5) is 0 Å². The number of nitrogens with two attached hydrogens (primary N) is 1. The highest BCUT2D eigenvalue weighted by Gasteiger charge is 2.21. The van der Waals surface area contributed by atoms with Gasteiger partial charge in [0.25, 0.3) is 0 Å². The minimum Gasteiger partial charge on any atom is -0.355 e. The molecule has 0 aliphatic heterocycles. The number of benzene rings is 1. The highest BCUT2D eigenvalue weighted by atomic mass is 35.5. The van der Waals surface area contributed by atoms with Crippen LogP contribution in [0.5, 0.6) is 0 Å². The Morgan fingerprint density at radius 1 is 1.35 bits per heavy atom. The zero-order chi connectivity index (χ0) is 12.9. The fourth-order valence-corrected chi connectivity index (χ4v) is 1.67. The van der Waals surface area contributed by atoms with Gasteiger partial charge in [-0.2, -0.15) is 0 Å². The lowest BCUT2D eigenvalue weighted by atomic mass is 9.84. The summed E-state index contributed by atoms with van der Waals surface area (Å²) >= 11 is 5.85. The number of hydrogen-bond acceptors (Lipinski definition) is 2. The Kier molecular flexibility index (Phi) is 4.97. The van der Waals surface area contributed by atoms with Gasteiger partial charge in [-0.3, -0.25) is 4.79 Å². The van der Waals surface area contributed by atoms with Crippen LogP contribution in [0.1, 0.15) is 25.8 Å². The van der Waals surface area contributed by atoms with E-state index in [0.29, 0.717) is 19.5 Å². The third-order valence-electron chi connectivity index (χ3n) is 2.72. The Morgan fingerprint density at radius 3 is 2.47 bits per heavy atom. The number of hydrogen-bond donors (Lipinski definition) is 2. The first kappa shape index (κ1) is 14.0. The molecule has 3 nitrogen and oxygen atoms in total. The normalized spacial score (nSPS) is 11.3. The lowest BCUT2D eigenvalue weighted by Gasteiger charge is -2.25. The van der Waals surface area contributed by atoms with Crippen molar-refractivity contribution in [2.75, 3.05) is 13.1 Å². The summed E-state index contributed by atoms with van der Waals surface area (Å²) in [6.45, 7) is 5.14. The van der Waals surface area contributed by atoms with Crippen molar-refractivity contribution in [3.05, 3.63) is 34.9 Å². The zero-order valence-corrected chi connectivity index (χ0v) is 11.1. The van der Waals surface area contributed by atoms with Crippen molar-refractivity contribution in [3.63, 3.8) is 0 Å². The Morgan fingerprint density at radius 2 is 1.94 bits per heavy atom. The second-order valence-electron chi connectivity index (χ2n) is 4.71. The van der Waals surface area contributed by atoms with Crippen molar-refractivity contribution >= 4 is 17.5 Å². The number of nitrogens with one attached hydrogen (secondary N) is 1. The predicted molar refractivity (Wildman–Crippen MR) is 71.2 cm³/mol. The maximum Gasteiger partial charge on any atom is 0.221 e. The van der Waals surface area contributed by atoms with E-state index in [0.717, 1.165) is 10.6 Å². The molecule has 0 spiro atoms. The molecule has 0 radical (unpaired) electrons. The van der Waals surface area contributed by atoms with Crippen LogP contribution in [0.25, 0.3) is 0 Å². The summed E-state index contributed by atoms with van der Waals surface area (Å²) in [6, 6.07) is 7.69. The molecule has 94 valence electrons. The summed E-state index contributed by atoms with van der Waals surface area (Å²) in [6.07, 6.45) is 0.372. The van der Waals surface area contributed by atoms with Gasteiger partial charge in [0.2, 0.25) is 5.91 Å². The second-order valence-corrected chi connectivity index (χ2v) is 5.14. The van der Waals surface area contributed by atoms with E-state index < -0.39 is 0 Å². The monoisotopic (exact) mass is 254 g/mol. The Balaban J connectivity index is 2.61. The van der Waals surface area contributed by atoms with Crippen molar-refractivity contribution in [1.82, 2.24) is 5.32 Å². The number of carbonyl (C=O) groups excluding carboxylic acids is 1. The van der Waals surface area contributed by atoms with Gasteiger partial charge in [0.15, 0.2) is 0 Å². The van der Waals surface area contributed by atoms with E-state index in [9.17, 15) is 4.79 Å². The number of halogens is 1. The van der Waals surface area contributed by atoms with Gasteiger partial charge in [0.05, 0.1) is 0 Å². The molecule has 0 atom stereocenters. The zero-order valence-electron chi connectivity index (χ0n) is 10.3. The Bertz CT molecular complexity index is 374. The summed E-state index contributed by atoms with van der Waals surface area (Å²) in [5, 5.41) is 3.60. The Labute approximate surface area is 107 Å². The van der Waals surface area contributed by atoms with Gasteiger partial charge in [0, 0.05) is 29.9 Å². The van der Waals surface area contributed by atoms with E-state index in [2.05, 4.69) is 19.2 Å². The van der Waals surface area contributed by atoms with Gasteiger partial charge in [-0.1, -0.05) is 37.6 Å². The van der Waals surface area contributed by atoms with Crippen LogP contribution >= 0.6 is 11.6 Å². The van der Waals surface area contributed by atoms with E-state index in [1.807, 2.05) is 24.3 Å². The lowest BCUT2D eigenvalue weighted by molar-refractivity contribution is -0.121. The van der Waals surface area contributed by atoms with Gasteiger partial charge in [0.1, 0.15) is 0 Å². The summed E-state index contributed by atoms with van der Waals surface area (Å²) in [5.41, 5.74) is 6.35. The van der Waals surface area contributed by atoms with Crippen LogP contribution in [-0.4, -0.2) is 19.0 Å². The topological polar surface area (TPSA) is 55.1 Å². The molecular weight excluding hydrogens is 236 g/mol. The largest absolute Gasteiger partial charge is 0.355 e. The highest BCUT2D eigenvalue weighted by Crippen LogP contribution is 2.23. The fourth-order valence-electron chi connectivity index (χ4n) is 1.54. The van der Waals surface area contributed by atoms with Crippen molar-refractivity contribution in [2.24, 2.45) is 5.73 Å². The number of carbonyl (C=O) groups is 1. The van der Waals surface area contributed by atoms with E-state index in [-0.39, 0.29) is 11.3 Å². The first-order valence-corrected chi connectivity index (χ1v) is 6.06. The molecule has 0 aliphatic rings. The molecule has 1 rings (SSSR count). The molecule has 0 heterocycles. The van der Waals surface area contributed by atoms with Crippen molar-refractivity contribution < 1.29 is 4.79 Å². The van der Waals surface area contributed by atoms with Crippen LogP contribution < -0.4 is 11.1 Å². The van der Waals surface area contributed by atoms with Crippen molar-refractivity contribution in [1.29, 1.82) is 0 Å². The molecular formula is C13H19ClN2O. The van der Waals surface area contributed by atoms with E-state index >= 15 is 0 Å². The van der Waals surface area contributed by atoms with Gasteiger partial charge in [-0.05, 0) is 17.7 Å². The van der Waals surface area contributed by atoms with Crippen LogP contribution in [0.2, 0.25) is 5.02 Å². The smallest absolute Gasteiger partial charge is 0.221 e. The first-order chi connectivity index (χ1) is 7.95. The molecule has 1 amide bonds. The van der Waals surface area contributed by atoms with Crippen molar-refractivity contribution in [3.8, 4) is 0 Å². The fraction of sp³-hybridized carbons (Fsp3) is 0.462. The number of amides is 1. The van der Waals surface area contributed by atoms with Crippen LogP contribution in [0, 0.1) is 0 Å². The molecule has 0 saturated carbocycles. The van der Waals surface area contributed by atoms with E-state index in [1.165, 1.54) is 0 Å². The molecule has 0 unspecified atom stereocenters. The maximum atomic E-state index is 11.4. The quantitative estimate of drug-likeness (QED) is 0.845. The van der Waals surface area contributed by atoms with Gasteiger partial charge >= 0.3 is 0 Å². The summed E-state index contributed by atoms with van der Waals surface area (Å²) < 4.78 is 0. The van der Waals surface area contributed by atoms with E-state index in [4.69, 9.17) is 17.3 Å². The highest BCUT2D eigenvalue weighted by molar-refractivity contribution is 6.30. The third kappa shape index (κ3) is 4.36. The molecule has 0 aromatic heterocycles. The minimum absolute atomic E-state index is 0.00506. The lowest BCUT2D eigenvalue weighted by Crippen LogP contribution is -2.37. The molecule has 0 aliphatic carbocycles. The molecule has 1 aromatic rings. The SMILES string of the molecule is CC(C)(CNC(=O)CCN)c1ccc(Cl)cc1. The standard InChI is InChI=1S/C13H19ClN2O/c1-13(2,9-16-12(17)7-8-15)10-3-5-11(14)6-4-10/h3-6H,7-9,15H2,1-2H3,(H,16,17). The minimum atomic E-state index is -0.116. The van der Waals surface area contributed by atoms with Crippen molar-refractivity contribution in [2.45, 2.75) is 25.7 Å². The van der Waals surface area contributed by atoms with E-state index in [1.54, 1.807) is 0 Å². The third-order valence-corrected chi connectivity index (χ3v) is 2.98. The summed E-state index contributed by atoms with van der Waals surface area (Å²) in [4.78, 5) is 11.4. The maximum absolute atomic E-state index is 11.4. The molecule has 3 N–H and O–H groups in total. The molecule has 0 fully saturated rings. The average molecular weight is 255 g/mol. The first-order valence-electron chi connectivity index (χ1n) is 5.68. The van der Waals surface area contributed by atoms with Crippen LogP contribution in [-0.2, 0) is 10.2 Å². The van der Waals surface area contributed by atoms with Gasteiger partial charge < -0.3 is 11.1 Å². The molecule has 0 saturated heterocycles. The Hall–Kier alpha value is -1.06. The number of rotatable bonds is 5. The summed E-state index contributed by atoms with van der Waals surface area (Å²) in [5.74, 6) is -0.00506. The second kappa shape index (κ2) is 6.03. The van der Waals surface area contributed by atoms with Crippen LogP contribution in [0.3, 0.4) is 0 Å². The molecule has 0 bridgehead atoms. The van der Waals surface area contributed by atoms with Gasteiger partial charge in [-0.15, -0.1) is 0 Å². The molecule has 17 heavy (non-hydrogen) atoms. The van der Waals surface area contributed by atoms with Crippen LogP contribution in [0.15, 0.2) is 24.3 Å². The molecule has 4 heteroatoms. The molecule has 1 aromatic carbocycles. The van der Waals surface area contributed by atoms with Gasteiger partial charge in [-0.25, -0.2) is 0 Å². The predicted octanol–water partition coefficient (Wildman–Crippen LogP) is 2.08.